The second-order valence-corrected chi connectivity index (χ2v) is 7.70. The van der Waals surface area contributed by atoms with E-state index in [-0.39, 0.29) is 6.10 Å². The van der Waals surface area contributed by atoms with Crippen molar-refractivity contribution in [3.05, 3.63) is 46.4 Å². The standard InChI is InChI=1S/C20H27NO3/c1-12(2)6-15-7-14-11-21-5-4-13-8-20(23-3)18(22)9-16(13)17(21)10-19(14)24-15/h7-9,12,17-18,20,22H,4-6,10-11H2,1-3H3/t17-,18?,20?/m0/s1. The second kappa shape index (κ2) is 6.17. The maximum Gasteiger partial charge on any atom is 0.110 e. The van der Waals surface area contributed by atoms with Crippen LogP contribution in [0.4, 0.5) is 0 Å². The number of hydrogen-bond acceptors (Lipinski definition) is 4. The van der Waals surface area contributed by atoms with E-state index < -0.39 is 6.10 Å². The van der Waals surface area contributed by atoms with Crippen LogP contribution in [0, 0.1) is 5.92 Å². The molecule has 4 nitrogen and oxygen atoms in total. The minimum atomic E-state index is -0.553. The Labute approximate surface area is 143 Å². The minimum absolute atomic E-state index is 0.212. The summed E-state index contributed by atoms with van der Waals surface area (Å²) in [5.41, 5.74) is 3.96. The van der Waals surface area contributed by atoms with Gasteiger partial charge in [0.05, 0.1) is 0 Å². The van der Waals surface area contributed by atoms with Crippen LogP contribution in [0.25, 0.3) is 0 Å². The van der Waals surface area contributed by atoms with Gasteiger partial charge in [0.25, 0.3) is 0 Å². The van der Waals surface area contributed by atoms with E-state index in [4.69, 9.17) is 9.15 Å². The Hall–Kier alpha value is -1.36. The predicted molar refractivity (Wildman–Crippen MR) is 92.7 cm³/mol. The largest absolute Gasteiger partial charge is 0.466 e. The number of aliphatic hydroxyl groups excluding tert-OH is 1. The third-order valence-corrected chi connectivity index (χ3v) is 5.47. The van der Waals surface area contributed by atoms with Crippen LogP contribution in [-0.2, 0) is 24.1 Å². The average Bonchev–Trinajstić information content (AvgIpc) is 2.92. The summed E-state index contributed by atoms with van der Waals surface area (Å²) in [5, 5.41) is 10.3. The van der Waals surface area contributed by atoms with Gasteiger partial charge in [-0.3, -0.25) is 4.90 Å². The molecule has 0 bridgehead atoms. The molecule has 0 radical (unpaired) electrons. The van der Waals surface area contributed by atoms with Gasteiger partial charge in [0, 0.05) is 44.6 Å². The molecule has 0 aromatic carbocycles. The van der Waals surface area contributed by atoms with Crippen molar-refractivity contribution in [2.75, 3.05) is 13.7 Å². The molecule has 24 heavy (non-hydrogen) atoms. The fraction of sp³-hybridized carbons (Fsp3) is 0.600. The molecule has 3 heterocycles. The monoisotopic (exact) mass is 329 g/mol. The summed E-state index contributed by atoms with van der Waals surface area (Å²) < 4.78 is 11.5. The summed E-state index contributed by atoms with van der Waals surface area (Å²) in [4.78, 5) is 2.53. The Morgan fingerprint density at radius 3 is 2.96 bits per heavy atom. The lowest BCUT2D eigenvalue weighted by Crippen LogP contribution is -2.47. The summed E-state index contributed by atoms with van der Waals surface area (Å²) in [6.07, 6.45) is 6.28. The SMILES string of the molecule is COC1C=C2CCN3Cc4cc(CC(C)C)oc4C[C@H]3C2=CC1O. The van der Waals surface area contributed by atoms with E-state index >= 15 is 0 Å². The highest BCUT2D eigenvalue weighted by Crippen LogP contribution is 2.39. The Bertz CT molecular complexity index is 685. The van der Waals surface area contributed by atoms with E-state index in [1.54, 1.807) is 7.11 Å². The van der Waals surface area contributed by atoms with Gasteiger partial charge in [0.2, 0.25) is 0 Å². The van der Waals surface area contributed by atoms with Crippen molar-refractivity contribution in [2.45, 2.75) is 57.9 Å². The molecule has 1 aromatic heterocycles. The van der Waals surface area contributed by atoms with Crippen LogP contribution in [0.2, 0.25) is 0 Å². The molecule has 4 rings (SSSR count). The quantitative estimate of drug-likeness (QED) is 0.926. The Balaban J connectivity index is 1.61. The van der Waals surface area contributed by atoms with Gasteiger partial charge in [-0.05, 0) is 41.7 Å². The van der Waals surface area contributed by atoms with E-state index in [1.807, 2.05) is 6.08 Å². The van der Waals surface area contributed by atoms with E-state index in [1.165, 1.54) is 16.7 Å². The van der Waals surface area contributed by atoms with Crippen molar-refractivity contribution < 1.29 is 14.3 Å². The molecule has 4 heteroatoms. The Morgan fingerprint density at radius 2 is 2.21 bits per heavy atom. The fourth-order valence-electron chi connectivity index (χ4n) is 4.32. The number of fused-ring (bicyclic) bond motifs is 4. The third-order valence-electron chi connectivity index (χ3n) is 5.47. The number of ether oxygens (including phenoxy) is 1. The van der Waals surface area contributed by atoms with Crippen molar-refractivity contribution >= 4 is 0 Å². The molecule has 0 amide bonds. The van der Waals surface area contributed by atoms with E-state index in [0.29, 0.717) is 12.0 Å². The number of furan rings is 1. The van der Waals surface area contributed by atoms with Crippen molar-refractivity contribution in [3.63, 3.8) is 0 Å². The van der Waals surface area contributed by atoms with Crippen molar-refractivity contribution in [1.82, 2.24) is 4.90 Å². The van der Waals surface area contributed by atoms with Crippen molar-refractivity contribution in [3.8, 4) is 0 Å². The van der Waals surface area contributed by atoms with Crippen LogP contribution in [0.5, 0.6) is 0 Å². The summed E-state index contributed by atoms with van der Waals surface area (Å²) in [6.45, 7) is 6.46. The minimum Gasteiger partial charge on any atom is -0.466 e. The highest BCUT2D eigenvalue weighted by atomic mass is 16.5. The maximum absolute atomic E-state index is 10.3. The van der Waals surface area contributed by atoms with E-state index in [2.05, 4.69) is 30.9 Å². The summed E-state index contributed by atoms with van der Waals surface area (Å²) in [5.74, 6) is 2.86. The smallest absolute Gasteiger partial charge is 0.110 e. The zero-order valence-corrected chi connectivity index (χ0v) is 14.8. The Kier molecular flexibility index (Phi) is 4.15. The molecule has 1 fully saturated rings. The number of nitrogens with zero attached hydrogens (tertiary/aromatic N) is 1. The van der Waals surface area contributed by atoms with Gasteiger partial charge < -0.3 is 14.3 Å². The number of rotatable bonds is 3. The fourth-order valence-corrected chi connectivity index (χ4v) is 4.32. The van der Waals surface area contributed by atoms with Crippen LogP contribution in [0.3, 0.4) is 0 Å². The average molecular weight is 329 g/mol. The van der Waals surface area contributed by atoms with Gasteiger partial charge in [-0.25, -0.2) is 0 Å². The number of piperidine rings is 1. The molecule has 2 unspecified atom stereocenters. The highest BCUT2D eigenvalue weighted by molar-refractivity contribution is 5.45. The summed E-state index contributed by atoms with van der Waals surface area (Å²) in [7, 11) is 1.66. The summed E-state index contributed by atoms with van der Waals surface area (Å²) >= 11 is 0. The van der Waals surface area contributed by atoms with Gasteiger partial charge in [-0.1, -0.05) is 13.8 Å². The molecule has 1 aliphatic carbocycles. The van der Waals surface area contributed by atoms with Gasteiger partial charge >= 0.3 is 0 Å². The zero-order valence-electron chi connectivity index (χ0n) is 14.8. The number of aliphatic hydroxyl groups is 1. The molecule has 1 aromatic rings. The molecule has 0 saturated carbocycles. The van der Waals surface area contributed by atoms with E-state index in [0.717, 1.165) is 43.9 Å². The lowest BCUT2D eigenvalue weighted by molar-refractivity contribution is 0.0378. The first-order chi connectivity index (χ1) is 11.5. The molecular weight excluding hydrogens is 302 g/mol. The van der Waals surface area contributed by atoms with Crippen LogP contribution in [0.15, 0.2) is 33.8 Å². The van der Waals surface area contributed by atoms with E-state index in [9.17, 15) is 5.11 Å². The zero-order chi connectivity index (χ0) is 16.8. The van der Waals surface area contributed by atoms with Gasteiger partial charge in [0.15, 0.2) is 0 Å². The van der Waals surface area contributed by atoms with Gasteiger partial charge in [0.1, 0.15) is 23.7 Å². The molecular formula is C20H27NO3. The lowest BCUT2D eigenvalue weighted by atomic mass is 9.80. The first-order valence-corrected chi connectivity index (χ1v) is 9.03. The highest BCUT2D eigenvalue weighted by Gasteiger charge is 2.38. The number of hydrogen-bond donors (Lipinski definition) is 1. The molecule has 3 aliphatic rings. The first kappa shape index (κ1) is 16.1. The topological polar surface area (TPSA) is 45.8 Å². The molecule has 2 aliphatic heterocycles. The molecule has 0 spiro atoms. The van der Waals surface area contributed by atoms with Gasteiger partial charge in [-0.2, -0.15) is 0 Å². The Morgan fingerprint density at radius 1 is 1.38 bits per heavy atom. The van der Waals surface area contributed by atoms with Crippen LogP contribution in [-0.4, -0.2) is 41.9 Å². The van der Waals surface area contributed by atoms with Crippen LogP contribution in [0.1, 0.15) is 37.4 Å². The maximum atomic E-state index is 10.3. The molecule has 1 N–H and O–H groups in total. The first-order valence-electron chi connectivity index (χ1n) is 9.03. The summed E-state index contributed by atoms with van der Waals surface area (Å²) in [6, 6.07) is 2.57. The number of methoxy groups -OCH3 is 1. The normalized spacial score (nSPS) is 29.6. The second-order valence-electron chi connectivity index (χ2n) is 7.70. The molecule has 130 valence electrons. The molecule has 1 saturated heterocycles. The lowest BCUT2D eigenvalue weighted by Gasteiger charge is -2.43. The van der Waals surface area contributed by atoms with Crippen molar-refractivity contribution in [2.24, 2.45) is 5.92 Å². The van der Waals surface area contributed by atoms with Crippen molar-refractivity contribution in [1.29, 1.82) is 0 Å². The third kappa shape index (κ3) is 2.77. The van der Waals surface area contributed by atoms with Crippen LogP contribution >= 0.6 is 0 Å². The predicted octanol–water partition coefficient (Wildman–Crippen LogP) is 2.85. The van der Waals surface area contributed by atoms with Gasteiger partial charge in [-0.15, -0.1) is 0 Å². The molecule has 3 atom stereocenters. The van der Waals surface area contributed by atoms with Crippen LogP contribution < -0.4 is 0 Å².